The molecule has 0 aliphatic heterocycles. The standard InChI is InChI=1S/C23H19N5O4S2/c24-22-21(33(29,30)16-6-2-1-3-7-16)20-23(27-19-9-5-4-8-18(19)26-20)28(22)14-15-10-12-17(13-11-15)34(25,31)32/h1-13H,14,24H2,(H2,25,31,32). The van der Waals surface area contributed by atoms with Crippen LogP contribution < -0.4 is 10.9 Å². The summed E-state index contributed by atoms with van der Waals surface area (Å²) in [4.78, 5) is 9.21. The average Bonchev–Trinajstić information content (AvgIpc) is 3.08. The summed E-state index contributed by atoms with van der Waals surface area (Å²) in [5, 5.41) is 5.18. The lowest BCUT2D eigenvalue weighted by Crippen LogP contribution is -2.12. The number of para-hydroxylation sites is 2. The van der Waals surface area contributed by atoms with E-state index in [2.05, 4.69) is 9.97 Å². The molecule has 2 aromatic heterocycles. The number of hydrogen-bond acceptors (Lipinski definition) is 7. The molecule has 0 radical (unpaired) electrons. The summed E-state index contributed by atoms with van der Waals surface area (Å²) < 4.78 is 51.9. The lowest BCUT2D eigenvalue weighted by atomic mass is 10.2. The van der Waals surface area contributed by atoms with Crippen LogP contribution in [0.1, 0.15) is 5.56 Å². The van der Waals surface area contributed by atoms with E-state index in [1.54, 1.807) is 53.1 Å². The Morgan fingerprint density at radius 3 is 1.94 bits per heavy atom. The molecule has 5 rings (SSSR count). The van der Waals surface area contributed by atoms with Crippen molar-refractivity contribution in [3.05, 3.63) is 84.4 Å². The molecule has 0 unspecified atom stereocenters. The summed E-state index contributed by atoms with van der Waals surface area (Å²) in [5.41, 5.74) is 8.71. The minimum Gasteiger partial charge on any atom is -0.384 e. The first-order chi connectivity index (χ1) is 16.2. The molecule has 172 valence electrons. The molecule has 4 N–H and O–H groups in total. The van der Waals surface area contributed by atoms with E-state index in [4.69, 9.17) is 10.9 Å². The van der Waals surface area contributed by atoms with Crippen LogP contribution in [0.25, 0.3) is 22.2 Å². The number of fused-ring (bicyclic) bond motifs is 2. The van der Waals surface area contributed by atoms with Crippen molar-refractivity contribution in [2.75, 3.05) is 5.73 Å². The van der Waals surface area contributed by atoms with Gasteiger partial charge < -0.3 is 10.3 Å². The zero-order chi connectivity index (χ0) is 24.1. The maximum absolute atomic E-state index is 13.6. The first kappa shape index (κ1) is 22.0. The van der Waals surface area contributed by atoms with Gasteiger partial charge in [0.2, 0.25) is 19.9 Å². The number of sulfonamides is 1. The fourth-order valence-electron chi connectivity index (χ4n) is 3.80. The third-order valence-corrected chi connectivity index (χ3v) is 8.22. The number of benzene rings is 3. The number of aromatic nitrogens is 3. The average molecular weight is 494 g/mol. The molecule has 0 saturated heterocycles. The molecule has 2 heterocycles. The molecule has 0 aliphatic rings. The molecule has 0 amide bonds. The summed E-state index contributed by atoms with van der Waals surface area (Å²) >= 11 is 0. The van der Waals surface area contributed by atoms with Gasteiger partial charge in [0.25, 0.3) is 0 Å². The summed E-state index contributed by atoms with van der Waals surface area (Å²) in [5.74, 6) is -0.00955. The minimum absolute atomic E-state index is 0.00955. The number of primary sulfonamides is 1. The molecule has 0 saturated carbocycles. The van der Waals surface area contributed by atoms with E-state index in [1.807, 2.05) is 6.07 Å². The lowest BCUT2D eigenvalue weighted by Gasteiger charge is -2.09. The molecule has 0 aliphatic carbocycles. The highest BCUT2D eigenvalue weighted by molar-refractivity contribution is 7.92. The van der Waals surface area contributed by atoms with E-state index in [-0.39, 0.29) is 32.6 Å². The Kier molecular flexibility index (Phi) is 5.12. The summed E-state index contributed by atoms with van der Waals surface area (Å²) in [7, 11) is -7.85. The molecule has 5 aromatic rings. The Morgan fingerprint density at radius 1 is 0.735 bits per heavy atom. The predicted molar refractivity (Wildman–Crippen MR) is 128 cm³/mol. The Labute approximate surface area is 195 Å². The number of anilines is 1. The van der Waals surface area contributed by atoms with Gasteiger partial charge in [-0.15, -0.1) is 0 Å². The van der Waals surface area contributed by atoms with E-state index in [0.29, 0.717) is 22.2 Å². The lowest BCUT2D eigenvalue weighted by molar-refractivity contribution is 0.595. The van der Waals surface area contributed by atoms with Crippen LogP contribution in [-0.4, -0.2) is 31.4 Å². The quantitative estimate of drug-likeness (QED) is 0.382. The summed E-state index contributed by atoms with van der Waals surface area (Å²) in [6.07, 6.45) is 0. The second-order valence-corrected chi connectivity index (χ2v) is 11.1. The Bertz CT molecular complexity index is 1760. The molecule has 0 spiro atoms. The normalized spacial score (nSPS) is 12.4. The van der Waals surface area contributed by atoms with Crippen molar-refractivity contribution in [1.29, 1.82) is 0 Å². The first-order valence-corrected chi connectivity index (χ1v) is 13.2. The van der Waals surface area contributed by atoms with Gasteiger partial charge in [0.1, 0.15) is 16.2 Å². The van der Waals surface area contributed by atoms with E-state index in [1.165, 1.54) is 24.3 Å². The topological polar surface area (TPSA) is 151 Å². The van der Waals surface area contributed by atoms with Crippen LogP contribution in [0.5, 0.6) is 0 Å². The maximum atomic E-state index is 13.6. The predicted octanol–water partition coefficient (Wildman–Crippen LogP) is 2.70. The van der Waals surface area contributed by atoms with Gasteiger partial charge in [-0.3, -0.25) is 0 Å². The SMILES string of the molecule is Nc1c(S(=O)(=O)c2ccccc2)c2nc3ccccc3nc2n1Cc1ccc(S(N)(=O)=O)cc1. The molecule has 9 nitrogen and oxygen atoms in total. The van der Waals surface area contributed by atoms with Gasteiger partial charge in [0.05, 0.1) is 27.4 Å². The van der Waals surface area contributed by atoms with Gasteiger partial charge >= 0.3 is 0 Å². The van der Waals surface area contributed by atoms with Crippen LogP contribution in [0.15, 0.2) is 93.5 Å². The van der Waals surface area contributed by atoms with Gasteiger partial charge in [0, 0.05) is 0 Å². The molecule has 11 heteroatoms. The minimum atomic E-state index is -4.01. The van der Waals surface area contributed by atoms with Crippen LogP contribution in [0.2, 0.25) is 0 Å². The molecule has 0 bridgehead atoms. The van der Waals surface area contributed by atoms with Gasteiger partial charge in [0.15, 0.2) is 5.65 Å². The van der Waals surface area contributed by atoms with Crippen molar-refractivity contribution in [1.82, 2.24) is 14.5 Å². The number of nitrogen functional groups attached to an aromatic ring is 1. The van der Waals surface area contributed by atoms with Gasteiger partial charge in [-0.2, -0.15) is 0 Å². The van der Waals surface area contributed by atoms with E-state index >= 15 is 0 Å². The van der Waals surface area contributed by atoms with Crippen molar-refractivity contribution in [2.45, 2.75) is 21.2 Å². The fraction of sp³-hybridized carbons (Fsp3) is 0.0435. The monoisotopic (exact) mass is 493 g/mol. The van der Waals surface area contributed by atoms with Crippen molar-refractivity contribution in [2.24, 2.45) is 5.14 Å². The summed E-state index contributed by atoms with van der Waals surface area (Å²) in [6, 6.07) is 21.1. The zero-order valence-electron chi connectivity index (χ0n) is 17.7. The van der Waals surface area contributed by atoms with E-state index in [0.717, 1.165) is 0 Å². The molecule has 0 atom stereocenters. The van der Waals surface area contributed by atoms with Crippen LogP contribution in [0, 0.1) is 0 Å². The summed E-state index contributed by atoms with van der Waals surface area (Å²) in [6.45, 7) is 0.143. The Morgan fingerprint density at radius 2 is 1.32 bits per heavy atom. The third kappa shape index (κ3) is 3.69. The highest BCUT2D eigenvalue weighted by Gasteiger charge is 2.30. The Hall–Kier alpha value is -3.80. The van der Waals surface area contributed by atoms with Crippen molar-refractivity contribution in [3.8, 4) is 0 Å². The van der Waals surface area contributed by atoms with Gasteiger partial charge in [-0.1, -0.05) is 42.5 Å². The van der Waals surface area contributed by atoms with Crippen molar-refractivity contribution in [3.63, 3.8) is 0 Å². The second-order valence-electron chi connectivity index (χ2n) is 7.69. The van der Waals surface area contributed by atoms with Crippen LogP contribution in [0.3, 0.4) is 0 Å². The maximum Gasteiger partial charge on any atom is 0.238 e. The molecule has 0 fully saturated rings. The number of rotatable bonds is 5. The van der Waals surface area contributed by atoms with Crippen LogP contribution in [0.4, 0.5) is 5.82 Å². The number of nitrogens with two attached hydrogens (primary N) is 2. The first-order valence-electron chi connectivity index (χ1n) is 10.1. The molecule has 34 heavy (non-hydrogen) atoms. The van der Waals surface area contributed by atoms with Gasteiger partial charge in [-0.05, 0) is 42.0 Å². The fourth-order valence-corrected chi connectivity index (χ4v) is 5.84. The van der Waals surface area contributed by atoms with Crippen LogP contribution in [-0.2, 0) is 26.4 Å². The molecular weight excluding hydrogens is 474 g/mol. The Balaban J connectivity index is 1.75. The number of hydrogen-bond donors (Lipinski definition) is 2. The van der Waals surface area contributed by atoms with E-state index in [9.17, 15) is 16.8 Å². The van der Waals surface area contributed by atoms with Gasteiger partial charge in [-0.25, -0.2) is 31.9 Å². The van der Waals surface area contributed by atoms with Crippen molar-refractivity contribution < 1.29 is 16.8 Å². The largest absolute Gasteiger partial charge is 0.384 e. The zero-order valence-corrected chi connectivity index (χ0v) is 19.3. The number of sulfone groups is 1. The highest BCUT2D eigenvalue weighted by atomic mass is 32.2. The van der Waals surface area contributed by atoms with Crippen molar-refractivity contribution >= 4 is 47.9 Å². The number of nitrogens with zero attached hydrogens (tertiary/aromatic N) is 3. The molecule has 3 aromatic carbocycles. The molecular formula is C23H19N5O4S2. The third-order valence-electron chi connectivity index (χ3n) is 5.46. The smallest absolute Gasteiger partial charge is 0.238 e. The second kappa shape index (κ2) is 7.90. The van der Waals surface area contributed by atoms with E-state index < -0.39 is 19.9 Å². The van der Waals surface area contributed by atoms with Crippen LogP contribution >= 0.6 is 0 Å². The highest BCUT2D eigenvalue weighted by Crippen LogP contribution is 2.35.